The lowest BCUT2D eigenvalue weighted by atomic mass is 9.89. The molecular weight excluding hydrogens is 749 g/mol. The zero-order valence-electron chi connectivity index (χ0n) is 33.8. The number of hydrogen-bond acceptors (Lipinski definition) is 2. The first-order valence-corrected chi connectivity index (χ1v) is 21.2. The molecular formula is C60H38N2. The van der Waals surface area contributed by atoms with E-state index in [1.54, 1.807) is 0 Å². The quantitative estimate of drug-likeness (QED) is 0.124. The Bertz CT molecular complexity index is 3630. The van der Waals surface area contributed by atoms with Crippen LogP contribution in [0.5, 0.6) is 0 Å². The van der Waals surface area contributed by atoms with Crippen LogP contribution in [0.2, 0.25) is 0 Å². The van der Waals surface area contributed by atoms with Gasteiger partial charge in [-0.15, -0.1) is 0 Å². The summed E-state index contributed by atoms with van der Waals surface area (Å²) in [6, 6.07) is 83.1. The van der Waals surface area contributed by atoms with Crippen molar-refractivity contribution >= 4 is 54.3 Å². The molecule has 0 aliphatic rings. The van der Waals surface area contributed by atoms with Crippen LogP contribution in [0.3, 0.4) is 0 Å². The van der Waals surface area contributed by atoms with Crippen molar-refractivity contribution in [3.05, 3.63) is 231 Å². The molecule has 0 spiro atoms. The summed E-state index contributed by atoms with van der Waals surface area (Å²) in [7, 11) is 0. The van der Waals surface area contributed by atoms with Gasteiger partial charge in [-0.3, -0.25) is 0 Å². The molecule has 288 valence electrons. The van der Waals surface area contributed by atoms with Gasteiger partial charge in [-0.2, -0.15) is 0 Å². The number of rotatable bonds is 6. The van der Waals surface area contributed by atoms with Gasteiger partial charge in [0.1, 0.15) is 0 Å². The first-order valence-electron chi connectivity index (χ1n) is 21.2. The zero-order chi connectivity index (χ0) is 41.0. The number of para-hydroxylation sites is 1. The molecule has 2 heteroatoms. The largest absolute Gasteiger partial charge is 0.245 e. The maximum absolute atomic E-state index is 5.24. The van der Waals surface area contributed by atoms with Crippen molar-refractivity contribution in [3.8, 4) is 66.9 Å². The van der Waals surface area contributed by atoms with Gasteiger partial charge in [-0.25, -0.2) is 9.97 Å². The highest BCUT2D eigenvalue weighted by molar-refractivity contribution is 6.17. The van der Waals surface area contributed by atoms with E-state index >= 15 is 0 Å². The van der Waals surface area contributed by atoms with Crippen molar-refractivity contribution in [2.45, 2.75) is 0 Å². The minimum absolute atomic E-state index is 0.916. The van der Waals surface area contributed by atoms with Crippen molar-refractivity contribution < 1.29 is 0 Å². The van der Waals surface area contributed by atoms with Gasteiger partial charge in [0.2, 0.25) is 0 Å². The van der Waals surface area contributed by atoms with Crippen LogP contribution >= 0.6 is 0 Å². The molecule has 0 unspecified atom stereocenters. The second-order valence-electron chi connectivity index (χ2n) is 16.1. The smallest absolute Gasteiger partial charge is 0.0978 e. The highest BCUT2D eigenvalue weighted by Crippen LogP contribution is 2.41. The van der Waals surface area contributed by atoms with E-state index in [4.69, 9.17) is 9.97 Å². The molecule has 0 amide bonds. The average molecular weight is 787 g/mol. The molecule has 0 saturated heterocycles. The number of fused-ring (bicyclic) bond motifs is 7. The fraction of sp³-hybridized carbons (Fsp3) is 0. The van der Waals surface area contributed by atoms with Crippen LogP contribution in [0.15, 0.2) is 231 Å². The van der Waals surface area contributed by atoms with Crippen molar-refractivity contribution in [2.24, 2.45) is 0 Å². The predicted octanol–water partition coefficient (Wildman–Crippen LogP) is 16.2. The van der Waals surface area contributed by atoms with Gasteiger partial charge in [0.05, 0.1) is 22.2 Å². The lowest BCUT2D eigenvalue weighted by molar-refractivity contribution is 1.39. The normalized spacial score (nSPS) is 11.5. The second kappa shape index (κ2) is 14.8. The Hall–Kier alpha value is -8.20. The van der Waals surface area contributed by atoms with E-state index in [-0.39, 0.29) is 0 Å². The van der Waals surface area contributed by atoms with E-state index in [0.29, 0.717) is 0 Å². The van der Waals surface area contributed by atoms with Crippen LogP contribution in [0, 0.1) is 0 Å². The molecule has 0 radical (unpaired) electrons. The van der Waals surface area contributed by atoms with E-state index in [9.17, 15) is 0 Å². The maximum Gasteiger partial charge on any atom is 0.0978 e. The summed E-state index contributed by atoms with van der Waals surface area (Å²) in [6.45, 7) is 0. The number of hydrogen-bond donors (Lipinski definition) is 0. The molecule has 2 aromatic heterocycles. The Morgan fingerprint density at radius 2 is 0.758 bits per heavy atom. The van der Waals surface area contributed by atoms with Gasteiger partial charge in [0.25, 0.3) is 0 Å². The summed E-state index contributed by atoms with van der Waals surface area (Å²) in [5, 5.41) is 8.31. The van der Waals surface area contributed by atoms with E-state index < -0.39 is 0 Å². The topological polar surface area (TPSA) is 25.8 Å². The maximum atomic E-state index is 5.24. The van der Waals surface area contributed by atoms with Crippen molar-refractivity contribution in [2.75, 3.05) is 0 Å². The van der Waals surface area contributed by atoms with Crippen LogP contribution < -0.4 is 0 Å². The zero-order valence-corrected chi connectivity index (χ0v) is 33.8. The summed E-state index contributed by atoms with van der Waals surface area (Å²) in [5.41, 5.74) is 16.8. The molecule has 62 heavy (non-hydrogen) atoms. The van der Waals surface area contributed by atoms with Gasteiger partial charge < -0.3 is 0 Å². The van der Waals surface area contributed by atoms with Crippen molar-refractivity contribution in [1.82, 2.24) is 9.97 Å². The highest BCUT2D eigenvalue weighted by Gasteiger charge is 2.16. The van der Waals surface area contributed by atoms with Crippen LogP contribution in [0.4, 0.5) is 0 Å². The van der Waals surface area contributed by atoms with E-state index in [2.05, 4.69) is 224 Å². The minimum Gasteiger partial charge on any atom is -0.245 e. The van der Waals surface area contributed by atoms with E-state index in [0.717, 1.165) is 49.5 Å². The summed E-state index contributed by atoms with van der Waals surface area (Å²) < 4.78 is 0. The molecule has 0 aliphatic heterocycles. The standard InChI is InChI=1S/C60H38N2/c1-4-12-39(13-5-1)48-29-26-44-30-33-50-53(37-49(38-55(50)54(44)36-48)40-14-6-2-7-15-40)43-24-20-41(21-25-43)42-22-27-46(28-23-42)58-51-18-10-11-19-57(51)62-60-52(58)34-31-47-32-35-56(61-59(47)60)45-16-8-3-9-17-45/h1-38H. The first kappa shape index (κ1) is 35.7. The molecule has 12 rings (SSSR count). The Kier molecular flexibility index (Phi) is 8.53. The molecule has 0 atom stereocenters. The predicted molar refractivity (Wildman–Crippen MR) is 262 cm³/mol. The number of aromatic nitrogens is 2. The third kappa shape index (κ3) is 6.20. The van der Waals surface area contributed by atoms with E-state index in [1.807, 2.05) is 6.07 Å². The molecule has 0 fully saturated rings. The second-order valence-corrected chi connectivity index (χ2v) is 16.1. The molecule has 12 aromatic rings. The fourth-order valence-electron chi connectivity index (χ4n) is 9.30. The van der Waals surface area contributed by atoms with Crippen LogP contribution in [0.25, 0.3) is 121 Å². The van der Waals surface area contributed by atoms with Gasteiger partial charge in [-0.05, 0) is 102 Å². The van der Waals surface area contributed by atoms with Crippen LogP contribution in [0.1, 0.15) is 0 Å². The number of nitrogens with zero attached hydrogens (tertiary/aromatic N) is 2. The Morgan fingerprint density at radius 3 is 1.48 bits per heavy atom. The molecule has 10 aromatic carbocycles. The summed E-state index contributed by atoms with van der Waals surface area (Å²) >= 11 is 0. The van der Waals surface area contributed by atoms with Crippen molar-refractivity contribution in [1.29, 1.82) is 0 Å². The SMILES string of the molecule is c1ccc(-c2ccc3ccc4c(-c5ccc(-c6ccc(-c7c8ccccc8nc8c7ccc7ccc(-c9ccccc9)nc78)cc6)cc5)cc(-c5ccccc5)cc4c3c2)cc1. The Labute approximate surface area is 360 Å². The van der Waals surface area contributed by atoms with Crippen molar-refractivity contribution in [3.63, 3.8) is 0 Å². The summed E-state index contributed by atoms with van der Waals surface area (Å²) in [5.74, 6) is 0. The lowest BCUT2D eigenvalue weighted by Crippen LogP contribution is -1.93. The molecule has 0 N–H and O–H groups in total. The van der Waals surface area contributed by atoms with Gasteiger partial charge in [0.15, 0.2) is 0 Å². The fourth-order valence-corrected chi connectivity index (χ4v) is 9.30. The number of benzene rings is 10. The van der Waals surface area contributed by atoms with E-state index in [1.165, 1.54) is 71.6 Å². The average Bonchev–Trinajstić information content (AvgIpc) is 3.36. The summed E-state index contributed by atoms with van der Waals surface area (Å²) in [6.07, 6.45) is 0. The molecule has 0 aliphatic carbocycles. The monoisotopic (exact) mass is 786 g/mol. The molecule has 2 nitrogen and oxygen atoms in total. The van der Waals surface area contributed by atoms with Gasteiger partial charge in [-0.1, -0.05) is 200 Å². The molecule has 2 heterocycles. The Morgan fingerprint density at radius 1 is 0.242 bits per heavy atom. The van der Waals surface area contributed by atoms with Crippen LogP contribution in [-0.2, 0) is 0 Å². The van der Waals surface area contributed by atoms with Crippen LogP contribution in [-0.4, -0.2) is 9.97 Å². The third-order valence-electron chi connectivity index (χ3n) is 12.5. The minimum atomic E-state index is 0.916. The number of pyridine rings is 2. The Balaban J connectivity index is 0.944. The third-order valence-corrected chi connectivity index (χ3v) is 12.5. The molecule has 0 saturated carbocycles. The first-order chi connectivity index (χ1) is 30.7. The highest BCUT2D eigenvalue weighted by atomic mass is 14.8. The molecule has 0 bridgehead atoms. The van der Waals surface area contributed by atoms with Gasteiger partial charge in [0, 0.05) is 27.3 Å². The van der Waals surface area contributed by atoms with Gasteiger partial charge >= 0.3 is 0 Å². The summed E-state index contributed by atoms with van der Waals surface area (Å²) in [4.78, 5) is 10.4. The lowest BCUT2D eigenvalue weighted by Gasteiger charge is -2.15.